The molecular weight excluding hydrogens is 206 g/mol. The van der Waals surface area contributed by atoms with Crippen molar-refractivity contribution in [3.8, 4) is 0 Å². The minimum Gasteiger partial charge on any atom is -0.341 e. The molecule has 0 N–H and O–H groups in total. The van der Waals surface area contributed by atoms with Gasteiger partial charge in [-0.15, -0.1) is 11.3 Å². The highest BCUT2D eigenvalue weighted by atomic mass is 32.1. The minimum absolute atomic E-state index is 0.104. The molecule has 2 nitrogen and oxygen atoms in total. The van der Waals surface area contributed by atoms with Crippen LogP contribution in [0.3, 0.4) is 0 Å². The van der Waals surface area contributed by atoms with E-state index in [4.69, 9.17) is 0 Å². The number of thiophene rings is 1. The molecular formula is C12H13NOS. The van der Waals surface area contributed by atoms with Crippen LogP contribution in [-0.4, -0.2) is 17.9 Å². The SMILES string of the molecule is CC(=O)N(C)Cc1cc2ccccc2s1. The first-order valence-electron chi connectivity index (χ1n) is 4.86. The third-order valence-electron chi connectivity index (χ3n) is 2.41. The van der Waals surface area contributed by atoms with E-state index in [1.807, 2.05) is 19.2 Å². The molecule has 0 bridgehead atoms. The first kappa shape index (κ1) is 10.2. The number of hydrogen-bond donors (Lipinski definition) is 0. The summed E-state index contributed by atoms with van der Waals surface area (Å²) in [6, 6.07) is 10.4. The van der Waals surface area contributed by atoms with Crippen molar-refractivity contribution in [2.75, 3.05) is 7.05 Å². The predicted octanol–water partition coefficient (Wildman–Crippen LogP) is 2.88. The lowest BCUT2D eigenvalue weighted by molar-refractivity contribution is -0.128. The van der Waals surface area contributed by atoms with Crippen molar-refractivity contribution in [1.82, 2.24) is 4.90 Å². The van der Waals surface area contributed by atoms with E-state index in [2.05, 4.69) is 18.2 Å². The van der Waals surface area contributed by atoms with Crippen LogP contribution in [0.25, 0.3) is 10.1 Å². The molecule has 0 saturated heterocycles. The second-order valence-corrected chi connectivity index (χ2v) is 4.79. The Morgan fingerprint density at radius 2 is 2.13 bits per heavy atom. The average molecular weight is 219 g/mol. The Labute approximate surface area is 93.1 Å². The molecule has 0 aliphatic heterocycles. The van der Waals surface area contributed by atoms with E-state index in [0.717, 1.165) is 0 Å². The van der Waals surface area contributed by atoms with Crippen LogP contribution in [0.4, 0.5) is 0 Å². The maximum Gasteiger partial charge on any atom is 0.219 e. The Hall–Kier alpha value is -1.35. The first-order valence-corrected chi connectivity index (χ1v) is 5.67. The van der Waals surface area contributed by atoms with Crippen LogP contribution in [0.2, 0.25) is 0 Å². The summed E-state index contributed by atoms with van der Waals surface area (Å²) in [6.07, 6.45) is 0. The van der Waals surface area contributed by atoms with Crippen molar-refractivity contribution in [2.24, 2.45) is 0 Å². The largest absolute Gasteiger partial charge is 0.341 e. The summed E-state index contributed by atoms with van der Waals surface area (Å²) in [5.74, 6) is 0.104. The highest BCUT2D eigenvalue weighted by Crippen LogP contribution is 2.25. The lowest BCUT2D eigenvalue weighted by Gasteiger charge is -2.12. The van der Waals surface area contributed by atoms with E-state index in [9.17, 15) is 4.79 Å². The van der Waals surface area contributed by atoms with Crippen LogP contribution in [0.1, 0.15) is 11.8 Å². The van der Waals surface area contributed by atoms with Gasteiger partial charge in [0.05, 0.1) is 6.54 Å². The van der Waals surface area contributed by atoms with Gasteiger partial charge in [-0.1, -0.05) is 18.2 Å². The van der Waals surface area contributed by atoms with Gasteiger partial charge in [0.15, 0.2) is 0 Å². The molecule has 15 heavy (non-hydrogen) atoms. The molecule has 0 aliphatic rings. The highest BCUT2D eigenvalue weighted by molar-refractivity contribution is 7.19. The molecule has 0 atom stereocenters. The molecule has 0 radical (unpaired) electrons. The zero-order chi connectivity index (χ0) is 10.8. The summed E-state index contributed by atoms with van der Waals surface area (Å²) in [5, 5.41) is 1.26. The van der Waals surface area contributed by atoms with Gasteiger partial charge in [0.25, 0.3) is 0 Å². The smallest absolute Gasteiger partial charge is 0.219 e. The zero-order valence-corrected chi connectivity index (χ0v) is 9.67. The molecule has 0 unspecified atom stereocenters. The number of nitrogens with zero attached hydrogens (tertiary/aromatic N) is 1. The lowest BCUT2D eigenvalue weighted by Crippen LogP contribution is -2.22. The molecule has 1 aromatic heterocycles. The molecule has 1 aromatic carbocycles. The van der Waals surface area contributed by atoms with Crippen molar-refractivity contribution in [1.29, 1.82) is 0 Å². The Bertz CT molecular complexity index is 456. The second kappa shape index (κ2) is 4.03. The van der Waals surface area contributed by atoms with Gasteiger partial charge in [0.2, 0.25) is 5.91 Å². The van der Waals surface area contributed by atoms with Gasteiger partial charge < -0.3 is 4.90 Å². The van der Waals surface area contributed by atoms with E-state index in [1.54, 1.807) is 23.2 Å². The Morgan fingerprint density at radius 1 is 1.40 bits per heavy atom. The van der Waals surface area contributed by atoms with Crippen LogP contribution >= 0.6 is 11.3 Å². The molecule has 2 aromatic rings. The van der Waals surface area contributed by atoms with Crippen molar-refractivity contribution < 1.29 is 4.79 Å². The molecule has 0 aliphatic carbocycles. The number of rotatable bonds is 2. The first-order chi connectivity index (χ1) is 7.16. The normalized spacial score (nSPS) is 10.5. The predicted molar refractivity (Wildman–Crippen MR) is 64.0 cm³/mol. The van der Waals surface area contributed by atoms with Crippen molar-refractivity contribution in [3.63, 3.8) is 0 Å². The van der Waals surface area contributed by atoms with Crippen molar-refractivity contribution in [3.05, 3.63) is 35.2 Å². The van der Waals surface area contributed by atoms with Crippen LogP contribution in [0.5, 0.6) is 0 Å². The number of carbonyl (C=O) groups excluding carboxylic acids is 1. The topological polar surface area (TPSA) is 20.3 Å². The van der Waals surface area contributed by atoms with Crippen molar-refractivity contribution in [2.45, 2.75) is 13.5 Å². The van der Waals surface area contributed by atoms with Crippen LogP contribution < -0.4 is 0 Å². The Balaban J connectivity index is 2.26. The molecule has 78 valence electrons. The van der Waals surface area contributed by atoms with Crippen LogP contribution in [-0.2, 0) is 11.3 Å². The monoisotopic (exact) mass is 219 g/mol. The molecule has 1 heterocycles. The molecule has 3 heteroatoms. The summed E-state index contributed by atoms with van der Waals surface area (Å²) >= 11 is 1.75. The molecule has 0 spiro atoms. The summed E-state index contributed by atoms with van der Waals surface area (Å²) in [7, 11) is 1.83. The molecule has 2 rings (SSSR count). The van der Waals surface area contributed by atoms with E-state index in [0.29, 0.717) is 6.54 Å². The Morgan fingerprint density at radius 3 is 2.80 bits per heavy atom. The number of carbonyl (C=O) groups is 1. The minimum atomic E-state index is 0.104. The van der Waals surface area contributed by atoms with Crippen LogP contribution in [0, 0.1) is 0 Å². The summed E-state index contributed by atoms with van der Waals surface area (Å²) in [4.78, 5) is 14.1. The fourth-order valence-electron chi connectivity index (χ4n) is 1.46. The molecule has 0 fully saturated rings. The van der Waals surface area contributed by atoms with Gasteiger partial charge in [-0.25, -0.2) is 0 Å². The number of fused-ring (bicyclic) bond motifs is 1. The zero-order valence-electron chi connectivity index (χ0n) is 8.86. The molecule has 0 saturated carbocycles. The highest BCUT2D eigenvalue weighted by Gasteiger charge is 2.06. The number of benzene rings is 1. The molecule has 1 amide bonds. The van der Waals surface area contributed by atoms with E-state index in [1.165, 1.54) is 15.0 Å². The standard InChI is InChI=1S/C12H13NOS/c1-9(14)13(2)8-11-7-10-5-3-4-6-12(10)15-11/h3-7H,8H2,1-2H3. The quantitative estimate of drug-likeness (QED) is 0.760. The van der Waals surface area contributed by atoms with E-state index >= 15 is 0 Å². The third-order valence-corrected chi connectivity index (χ3v) is 3.51. The summed E-state index contributed by atoms with van der Waals surface area (Å²) < 4.78 is 1.28. The van der Waals surface area contributed by atoms with Crippen molar-refractivity contribution >= 4 is 27.3 Å². The van der Waals surface area contributed by atoms with E-state index in [-0.39, 0.29) is 5.91 Å². The maximum atomic E-state index is 11.1. The maximum absolute atomic E-state index is 11.1. The number of hydrogen-bond acceptors (Lipinski definition) is 2. The fraction of sp³-hybridized carbons (Fsp3) is 0.250. The van der Waals surface area contributed by atoms with Crippen LogP contribution in [0.15, 0.2) is 30.3 Å². The van der Waals surface area contributed by atoms with Gasteiger partial charge in [0.1, 0.15) is 0 Å². The number of amides is 1. The van der Waals surface area contributed by atoms with Gasteiger partial charge in [0, 0.05) is 23.5 Å². The summed E-state index contributed by atoms with van der Waals surface area (Å²) in [6.45, 7) is 2.29. The van der Waals surface area contributed by atoms with Gasteiger partial charge >= 0.3 is 0 Å². The second-order valence-electron chi connectivity index (χ2n) is 3.63. The summed E-state index contributed by atoms with van der Waals surface area (Å²) in [5.41, 5.74) is 0. The third kappa shape index (κ3) is 2.18. The average Bonchev–Trinajstić information content (AvgIpc) is 2.59. The fourth-order valence-corrected chi connectivity index (χ4v) is 2.58. The lowest BCUT2D eigenvalue weighted by atomic mass is 10.2. The van der Waals surface area contributed by atoms with Gasteiger partial charge in [-0.2, -0.15) is 0 Å². The van der Waals surface area contributed by atoms with E-state index < -0.39 is 0 Å². The van der Waals surface area contributed by atoms with Gasteiger partial charge in [-0.05, 0) is 17.5 Å². The van der Waals surface area contributed by atoms with Gasteiger partial charge in [-0.3, -0.25) is 4.79 Å². The Kier molecular flexibility index (Phi) is 2.73.